The standard InChI is InChI=1S/C36H28O3S2/c1-2-26-16-22-32(23-17-26)40(30-12-5-3-6-13-30,31-14-7-4-8-15-31)39-41(37,38)34-25-21-29-19-18-27-10-9-11-28-20-24-33(34)36(29)35(27)28/h3-25H,2H2,1H3/p+1. The predicted octanol–water partition coefficient (Wildman–Crippen LogP) is 10.0. The van der Waals surface area contributed by atoms with Crippen LogP contribution in [0.5, 0.6) is 0 Å². The molecule has 5 heteroatoms. The molecule has 0 bridgehead atoms. The van der Waals surface area contributed by atoms with Gasteiger partial charge in [-0.2, -0.15) is 0 Å². The molecule has 0 aliphatic carbocycles. The predicted molar refractivity (Wildman–Crippen MR) is 171 cm³/mol. The Hall–Kier alpha value is -4.16. The summed E-state index contributed by atoms with van der Waals surface area (Å²) < 4.78 is 33.6. The molecule has 0 aromatic heterocycles. The van der Waals surface area contributed by atoms with Crippen molar-refractivity contribution in [3.63, 3.8) is 0 Å². The van der Waals surface area contributed by atoms with Gasteiger partial charge in [0.15, 0.2) is 15.2 Å². The van der Waals surface area contributed by atoms with Crippen LogP contribution in [0.2, 0.25) is 0 Å². The van der Waals surface area contributed by atoms with Crippen molar-refractivity contribution < 1.29 is 12.0 Å². The van der Waals surface area contributed by atoms with Crippen molar-refractivity contribution in [3.05, 3.63) is 145 Å². The Morgan fingerprint density at radius 2 is 1.07 bits per heavy atom. The van der Waals surface area contributed by atoms with E-state index in [1.807, 2.05) is 97.1 Å². The van der Waals surface area contributed by atoms with E-state index < -0.39 is 20.4 Å². The van der Waals surface area contributed by atoms with Gasteiger partial charge in [-0.1, -0.05) is 104 Å². The molecule has 7 rings (SSSR count). The van der Waals surface area contributed by atoms with Crippen LogP contribution in [0, 0.1) is 0 Å². The number of rotatable bonds is 6. The van der Waals surface area contributed by atoms with Crippen LogP contribution in [0.1, 0.15) is 12.5 Å². The van der Waals surface area contributed by atoms with Crippen LogP contribution < -0.4 is 0 Å². The molecule has 3 nitrogen and oxygen atoms in total. The second-order valence-electron chi connectivity index (χ2n) is 10.1. The van der Waals surface area contributed by atoms with E-state index in [1.54, 1.807) is 6.07 Å². The topological polar surface area (TPSA) is 48.6 Å². The fourth-order valence-electron chi connectivity index (χ4n) is 5.78. The van der Waals surface area contributed by atoms with Crippen LogP contribution in [-0.2, 0) is 19.8 Å². The van der Waals surface area contributed by atoms with Crippen molar-refractivity contribution >= 4 is 52.7 Å². The quantitative estimate of drug-likeness (QED) is 0.122. The number of benzene rings is 7. The first-order valence-electron chi connectivity index (χ1n) is 13.7. The molecule has 0 aliphatic heterocycles. The molecule has 0 amide bonds. The summed E-state index contributed by atoms with van der Waals surface area (Å²) >= 11 is 0. The molecule has 1 unspecified atom stereocenters. The third-order valence-electron chi connectivity index (χ3n) is 7.77. The van der Waals surface area contributed by atoms with Crippen LogP contribution >= 0.6 is 10.3 Å². The molecule has 0 saturated heterocycles. The molecule has 0 radical (unpaired) electrons. The average molecular weight is 574 g/mol. The van der Waals surface area contributed by atoms with Gasteiger partial charge in [0.25, 0.3) is 0 Å². The highest BCUT2D eigenvalue weighted by Gasteiger charge is 2.46. The van der Waals surface area contributed by atoms with Crippen molar-refractivity contribution in [2.24, 2.45) is 0 Å². The summed E-state index contributed by atoms with van der Waals surface area (Å²) in [5.74, 6) is 0. The van der Waals surface area contributed by atoms with Crippen LogP contribution in [-0.4, -0.2) is 8.76 Å². The summed E-state index contributed by atoms with van der Waals surface area (Å²) in [6.07, 6.45) is 0.902. The van der Waals surface area contributed by atoms with Gasteiger partial charge >= 0.3 is 10.1 Å². The van der Waals surface area contributed by atoms with Crippen molar-refractivity contribution in [2.75, 3.05) is 0 Å². The fourth-order valence-corrected chi connectivity index (χ4v) is 11.2. The molecule has 1 N–H and O–H groups in total. The molecule has 0 fully saturated rings. The lowest BCUT2D eigenvalue weighted by molar-refractivity contribution is 0.353. The fraction of sp³-hybridized carbons (Fsp3) is 0.0556. The summed E-state index contributed by atoms with van der Waals surface area (Å²) in [5.41, 5.74) is 1.19. The van der Waals surface area contributed by atoms with Gasteiger partial charge in [0.1, 0.15) is 0 Å². The summed E-state index contributed by atoms with van der Waals surface area (Å²) in [5, 5.41) is 6.05. The minimum atomic E-state index is -4.02. The van der Waals surface area contributed by atoms with Crippen molar-refractivity contribution in [3.8, 4) is 0 Å². The Kier molecular flexibility index (Phi) is 6.31. The highest BCUT2D eigenvalue weighted by molar-refractivity contribution is 8.30. The van der Waals surface area contributed by atoms with E-state index in [9.17, 15) is 8.76 Å². The summed E-state index contributed by atoms with van der Waals surface area (Å²) in [7, 11) is -6.63. The van der Waals surface area contributed by atoms with Gasteiger partial charge in [0.2, 0.25) is 0 Å². The first-order valence-corrected chi connectivity index (χ1v) is 16.7. The van der Waals surface area contributed by atoms with Crippen molar-refractivity contribution in [1.82, 2.24) is 0 Å². The molecular weight excluding hydrogens is 545 g/mol. The van der Waals surface area contributed by atoms with E-state index in [2.05, 4.69) is 43.3 Å². The van der Waals surface area contributed by atoms with E-state index in [4.69, 9.17) is 3.29 Å². The zero-order chi connectivity index (χ0) is 28.0. The van der Waals surface area contributed by atoms with Gasteiger partial charge in [-0.05, 0) is 81.4 Å². The minimum absolute atomic E-state index is 0.289. The number of aryl methyl sites for hydroxylation is 1. The Morgan fingerprint density at radius 1 is 0.561 bits per heavy atom. The Bertz CT molecular complexity index is 2080. The summed E-state index contributed by atoms with van der Waals surface area (Å²) in [6.45, 7) is 2.12. The zero-order valence-electron chi connectivity index (χ0n) is 22.6. The molecule has 1 atom stereocenters. The van der Waals surface area contributed by atoms with E-state index >= 15 is 0 Å². The lowest BCUT2D eigenvalue weighted by atomic mass is 9.94. The van der Waals surface area contributed by atoms with Crippen LogP contribution in [0.3, 0.4) is 0 Å². The Balaban J connectivity index is 1.59. The van der Waals surface area contributed by atoms with Gasteiger partial charge in [-0.3, -0.25) is 0 Å². The first kappa shape index (κ1) is 25.8. The molecule has 7 aromatic carbocycles. The molecular formula is C36H29O3S2+. The highest BCUT2D eigenvalue weighted by Crippen LogP contribution is 2.68. The molecule has 202 valence electrons. The molecule has 7 aromatic rings. The smallest absolute Gasteiger partial charge is 0.241 e. The maximum absolute atomic E-state index is 14.7. The third-order valence-corrected chi connectivity index (χ3v) is 13.0. The minimum Gasteiger partial charge on any atom is -0.241 e. The molecule has 0 spiro atoms. The van der Waals surface area contributed by atoms with E-state index in [1.165, 1.54) is 5.56 Å². The number of hydrogen-bond acceptors (Lipinski definition) is 1. The van der Waals surface area contributed by atoms with E-state index in [-0.39, 0.29) is 4.90 Å². The van der Waals surface area contributed by atoms with Gasteiger partial charge in [-0.25, -0.2) is 4.55 Å². The van der Waals surface area contributed by atoms with Gasteiger partial charge < -0.3 is 0 Å². The normalized spacial score (nSPS) is 13.9. The highest BCUT2D eigenvalue weighted by atomic mass is 32.3. The third kappa shape index (κ3) is 4.20. The largest absolute Gasteiger partial charge is 0.455 e. The molecule has 0 saturated carbocycles. The lowest BCUT2D eigenvalue weighted by Gasteiger charge is -2.26. The average Bonchev–Trinajstić information content (AvgIpc) is 3.03. The van der Waals surface area contributed by atoms with Gasteiger partial charge in [0, 0.05) is 5.39 Å². The van der Waals surface area contributed by atoms with Crippen LogP contribution in [0.4, 0.5) is 0 Å². The van der Waals surface area contributed by atoms with Gasteiger partial charge in [-0.15, -0.1) is 7.49 Å². The number of hydrogen-bond donors (Lipinski definition) is 1. The summed E-state index contributed by atoms with van der Waals surface area (Å²) in [4.78, 5) is 2.87. The first-order chi connectivity index (χ1) is 20.0. The summed E-state index contributed by atoms with van der Waals surface area (Å²) in [6, 6.07) is 46.1. The maximum atomic E-state index is 14.7. The lowest BCUT2D eigenvalue weighted by Crippen LogP contribution is -2.11. The van der Waals surface area contributed by atoms with Gasteiger partial charge in [0.05, 0.1) is 14.7 Å². The SMILES string of the molecule is CCc1ccc(S([O+]=S(=O)(O)c2ccc3ccc4cccc5ccc2c3c45)(c2ccccc2)c2ccccc2)cc1. The Labute approximate surface area is 242 Å². The maximum Gasteiger partial charge on any atom is 0.455 e. The molecule has 0 heterocycles. The van der Waals surface area contributed by atoms with Crippen molar-refractivity contribution in [2.45, 2.75) is 32.9 Å². The van der Waals surface area contributed by atoms with E-state index in [0.717, 1.165) is 53.4 Å². The molecule has 41 heavy (non-hydrogen) atoms. The zero-order valence-corrected chi connectivity index (χ0v) is 24.2. The van der Waals surface area contributed by atoms with Crippen LogP contribution in [0.25, 0.3) is 32.3 Å². The second-order valence-corrected chi connectivity index (χ2v) is 14.6. The van der Waals surface area contributed by atoms with Crippen LogP contribution in [0.15, 0.2) is 159 Å². The Morgan fingerprint density at radius 3 is 1.66 bits per heavy atom. The monoisotopic (exact) mass is 573 g/mol. The van der Waals surface area contributed by atoms with E-state index in [0.29, 0.717) is 0 Å². The second kappa shape index (κ2) is 10.0. The molecule has 0 aliphatic rings. The van der Waals surface area contributed by atoms with Crippen molar-refractivity contribution in [1.29, 1.82) is 0 Å².